The topological polar surface area (TPSA) is 38.0 Å². The van der Waals surface area contributed by atoms with E-state index in [9.17, 15) is 4.39 Å². The number of hydrogen-bond donors (Lipinski definition) is 2. The van der Waals surface area contributed by atoms with Gasteiger partial charge in [0.05, 0.1) is 11.4 Å². The Hall–Kier alpha value is -0.900. The lowest BCUT2D eigenvalue weighted by molar-refractivity contribution is 0.632. The first kappa shape index (κ1) is 12.2. The molecule has 15 heavy (non-hydrogen) atoms. The van der Waals surface area contributed by atoms with E-state index >= 15 is 0 Å². The van der Waals surface area contributed by atoms with E-state index in [0.717, 1.165) is 6.54 Å². The lowest BCUT2D eigenvalue weighted by atomic mass is 10.2. The van der Waals surface area contributed by atoms with Crippen molar-refractivity contribution in [2.75, 3.05) is 23.9 Å². The molecule has 0 spiro atoms. The van der Waals surface area contributed by atoms with Crippen LogP contribution in [-0.2, 0) is 0 Å². The van der Waals surface area contributed by atoms with Gasteiger partial charge >= 0.3 is 0 Å². The number of hydrogen-bond acceptors (Lipinski definition) is 3. The fourth-order valence-electron chi connectivity index (χ4n) is 1.07. The van der Waals surface area contributed by atoms with Gasteiger partial charge in [-0.2, -0.15) is 11.8 Å². The van der Waals surface area contributed by atoms with Crippen LogP contribution in [0.2, 0.25) is 0 Å². The third kappa shape index (κ3) is 3.30. The van der Waals surface area contributed by atoms with Gasteiger partial charge < -0.3 is 11.1 Å². The third-order valence-electron chi connectivity index (χ3n) is 2.31. The summed E-state index contributed by atoms with van der Waals surface area (Å²) in [5, 5.41) is 3.16. The van der Waals surface area contributed by atoms with Crippen molar-refractivity contribution >= 4 is 23.1 Å². The van der Waals surface area contributed by atoms with Crippen LogP contribution < -0.4 is 11.1 Å². The van der Waals surface area contributed by atoms with E-state index in [0.29, 0.717) is 5.69 Å². The summed E-state index contributed by atoms with van der Waals surface area (Å²) in [5.74, 6) is -0.373. The maximum Gasteiger partial charge on any atom is 0.148 e. The number of anilines is 2. The minimum Gasteiger partial charge on any atom is -0.395 e. The molecule has 0 amide bonds. The number of halogens is 1. The highest BCUT2D eigenvalue weighted by molar-refractivity contribution is 7.99. The number of nitrogens with one attached hydrogen (secondary N) is 1. The minimum absolute atomic E-state index is 0.110. The zero-order chi connectivity index (χ0) is 11.5. The zero-order valence-electron chi connectivity index (χ0n) is 9.30. The second-order valence-corrected chi connectivity index (χ2v) is 5.53. The molecule has 0 aliphatic carbocycles. The summed E-state index contributed by atoms with van der Waals surface area (Å²) in [5.41, 5.74) is 6.46. The smallest absolute Gasteiger partial charge is 0.148 e. The number of nitrogens with two attached hydrogens (primary N) is 1. The van der Waals surface area contributed by atoms with Gasteiger partial charge in [-0.05, 0) is 32.2 Å². The Balaban J connectivity index is 2.70. The number of para-hydroxylation sites is 1. The lowest BCUT2D eigenvalue weighted by Gasteiger charge is -2.23. The molecule has 1 aromatic carbocycles. The molecule has 84 valence electrons. The van der Waals surface area contributed by atoms with E-state index in [2.05, 4.69) is 25.4 Å². The van der Waals surface area contributed by atoms with Gasteiger partial charge in [0.2, 0.25) is 0 Å². The van der Waals surface area contributed by atoms with Crippen LogP contribution in [0.1, 0.15) is 13.8 Å². The summed E-state index contributed by atoms with van der Waals surface area (Å²) in [6.07, 6.45) is 2.05. The van der Waals surface area contributed by atoms with Crippen molar-refractivity contribution in [3.63, 3.8) is 0 Å². The molecular weight excluding hydrogens is 211 g/mol. The van der Waals surface area contributed by atoms with Crippen molar-refractivity contribution in [1.29, 1.82) is 0 Å². The molecule has 0 saturated heterocycles. The highest BCUT2D eigenvalue weighted by Crippen LogP contribution is 2.25. The first-order chi connectivity index (χ1) is 6.96. The summed E-state index contributed by atoms with van der Waals surface area (Å²) >= 11 is 1.76. The number of rotatable bonds is 4. The van der Waals surface area contributed by atoms with E-state index in [1.54, 1.807) is 23.9 Å². The molecule has 0 atom stereocenters. The van der Waals surface area contributed by atoms with Crippen LogP contribution in [0, 0.1) is 5.82 Å². The molecule has 0 heterocycles. The molecule has 0 unspecified atom stereocenters. The van der Waals surface area contributed by atoms with Crippen LogP contribution in [0.5, 0.6) is 0 Å². The zero-order valence-corrected chi connectivity index (χ0v) is 10.1. The Morgan fingerprint density at radius 3 is 2.73 bits per heavy atom. The molecule has 1 aromatic rings. The molecule has 0 fully saturated rings. The monoisotopic (exact) mass is 228 g/mol. The molecule has 0 bridgehead atoms. The summed E-state index contributed by atoms with van der Waals surface area (Å²) in [6.45, 7) is 5.00. The van der Waals surface area contributed by atoms with Crippen molar-refractivity contribution in [3.05, 3.63) is 24.0 Å². The maximum absolute atomic E-state index is 13.1. The molecule has 0 saturated carbocycles. The van der Waals surface area contributed by atoms with Crippen molar-refractivity contribution in [1.82, 2.24) is 0 Å². The van der Waals surface area contributed by atoms with Crippen LogP contribution in [0.25, 0.3) is 0 Å². The van der Waals surface area contributed by atoms with Gasteiger partial charge in [0.1, 0.15) is 5.82 Å². The van der Waals surface area contributed by atoms with Gasteiger partial charge in [-0.1, -0.05) is 6.07 Å². The lowest BCUT2D eigenvalue weighted by Crippen LogP contribution is -2.26. The number of benzene rings is 1. The van der Waals surface area contributed by atoms with Gasteiger partial charge in [0, 0.05) is 11.3 Å². The van der Waals surface area contributed by atoms with Crippen molar-refractivity contribution < 1.29 is 4.39 Å². The van der Waals surface area contributed by atoms with Crippen LogP contribution in [0.3, 0.4) is 0 Å². The standard InChI is InChI=1S/C11H17FN2S/c1-11(2,15-3)7-14-9-6-4-5-8(12)10(9)13/h4-6,14H,7,13H2,1-3H3. The van der Waals surface area contributed by atoms with E-state index in [1.165, 1.54) is 6.07 Å². The molecular formula is C11H17FN2S. The van der Waals surface area contributed by atoms with E-state index in [-0.39, 0.29) is 16.3 Å². The van der Waals surface area contributed by atoms with E-state index in [1.807, 2.05) is 0 Å². The first-order valence-corrected chi connectivity index (χ1v) is 6.02. The molecule has 3 N–H and O–H groups in total. The molecule has 0 aliphatic heterocycles. The Morgan fingerprint density at radius 1 is 1.47 bits per heavy atom. The average molecular weight is 228 g/mol. The molecule has 0 aromatic heterocycles. The minimum atomic E-state index is -0.373. The fraction of sp³-hybridized carbons (Fsp3) is 0.455. The highest BCUT2D eigenvalue weighted by atomic mass is 32.2. The predicted molar refractivity (Wildman–Crippen MR) is 66.9 cm³/mol. The van der Waals surface area contributed by atoms with Crippen LogP contribution in [-0.4, -0.2) is 17.5 Å². The second kappa shape index (κ2) is 4.75. The van der Waals surface area contributed by atoms with Gasteiger partial charge in [-0.3, -0.25) is 0 Å². The first-order valence-electron chi connectivity index (χ1n) is 4.79. The fourth-order valence-corrected chi connectivity index (χ4v) is 1.29. The quantitative estimate of drug-likeness (QED) is 0.778. The Labute approximate surface area is 94.4 Å². The molecule has 1 rings (SSSR count). The van der Waals surface area contributed by atoms with Gasteiger partial charge in [0.15, 0.2) is 0 Å². The average Bonchev–Trinajstić information content (AvgIpc) is 2.20. The molecule has 0 aliphatic rings. The Kier molecular flexibility index (Phi) is 3.85. The third-order valence-corrected chi connectivity index (χ3v) is 3.56. The van der Waals surface area contributed by atoms with Crippen molar-refractivity contribution in [2.45, 2.75) is 18.6 Å². The summed E-state index contributed by atoms with van der Waals surface area (Å²) in [6, 6.07) is 4.80. The molecule has 0 radical (unpaired) electrons. The van der Waals surface area contributed by atoms with Gasteiger partial charge in [-0.15, -0.1) is 0 Å². The van der Waals surface area contributed by atoms with Gasteiger partial charge in [-0.25, -0.2) is 4.39 Å². The summed E-state index contributed by atoms with van der Waals surface area (Å²) in [4.78, 5) is 0. The number of nitrogen functional groups attached to an aromatic ring is 1. The SMILES string of the molecule is CSC(C)(C)CNc1cccc(F)c1N. The second-order valence-electron chi connectivity index (χ2n) is 4.02. The maximum atomic E-state index is 13.1. The largest absolute Gasteiger partial charge is 0.395 e. The summed E-state index contributed by atoms with van der Waals surface area (Å²) in [7, 11) is 0. The van der Waals surface area contributed by atoms with Gasteiger partial charge in [0.25, 0.3) is 0 Å². The van der Waals surface area contributed by atoms with E-state index < -0.39 is 0 Å². The van der Waals surface area contributed by atoms with Crippen molar-refractivity contribution in [3.8, 4) is 0 Å². The normalized spacial score (nSPS) is 11.5. The number of thioether (sulfide) groups is 1. The molecule has 2 nitrogen and oxygen atoms in total. The Bertz CT molecular complexity index is 339. The Morgan fingerprint density at radius 2 is 2.13 bits per heavy atom. The molecule has 4 heteroatoms. The van der Waals surface area contributed by atoms with Crippen LogP contribution in [0.15, 0.2) is 18.2 Å². The van der Waals surface area contributed by atoms with E-state index in [4.69, 9.17) is 5.73 Å². The highest BCUT2D eigenvalue weighted by Gasteiger charge is 2.16. The van der Waals surface area contributed by atoms with Crippen LogP contribution in [0.4, 0.5) is 15.8 Å². The van der Waals surface area contributed by atoms with Crippen LogP contribution >= 0.6 is 11.8 Å². The van der Waals surface area contributed by atoms with Crippen molar-refractivity contribution in [2.24, 2.45) is 0 Å². The summed E-state index contributed by atoms with van der Waals surface area (Å²) < 4.78 is 13.2. The predicted octanol–water partition coefficient (Wildman–Crippen LogP) is 2.96.